The fraction of sp³-hybridized carbons (Fsp3) is 0.462. The molecule has 1 amide bonds. The van der Waals surface area contributed by atoms with Crippen molar-refractivity contribution in [3.05, 3.63) is 45.2 Å². The number of allylic oxidation sites excluding steroid dienone is 2. The number of aliphatic hydroxyl groups is 2. The van der Waals surface area contributed by atoms with Gasteiger partial charge in [0.05, 0.1) is 17.2 Å². The quantitative estimate of drug-likeness (QED) is 0.276. The molecule has 3 unspecified atom stereocenters. The topological polar surface area (TPSA) is 191 Å². The predicted octanol–water partition coefficient (Wildman–Crippen LogP) is 2.64. The van der Waals surface area contributed by atoms with E-state index in [0.29, 0.717) is 35.2 Å². The first-order valence-corrected chi connectivity index (χ1v) is 11.5. The SMILES string of the molecule is CO/N=C(/C)c1cc(C(C)(C)C)c(O)c2c1CC1CC3CC(=O)C(C(N)=O)=C(O)C3C(=O)C1=C2O.O.[HH].[HH]. The number of aromatic hydroxyl groups is 1. The van der Waals surface area contributed by atoms with Crippen LogP contribution in [0.15, 0.2) is 28.1 Å². The molecule has 3 atom stereocenters. The molecule has 0 saturated heterocycles. The lowest BCUT2D eigenvalue weighted by Gasteiger charge is -2.41. The lowest BCUT2D eigenvalue weighted by atomic mass is 9.61. The molecule has 3 aliphatic carbocycles. The van der Waals surface area contributed by atoms with Gasteiger partial charge in [0.15, 0.2) is 11.6 Å². The highest BCUT2D eigenvalue weighted by Gasteiger charge is 2.51. The molecule has 3 aliphatic rings. The summed E-state index contributed by atoms with van der Waals surface area (Å²) in [6.07, 6.45) is 0.551. The highest BCUT2D eigenvalue weighted by molar-refractivity contribution is 6.21. The summed E-state index contributed by atoms with van der Waals surface area (Å²) in [4.78, 5) is 42.8. The van der Waals surface area contributed by atoms with Crippen molar-refractivity contribution in [2.75, 3.05) is 7.11 Å². The van der Waals surface area contributed by atoms with Gasteiger partial charge in [0.2, 0.25) is 0 Å². The van der Waals surface area contributed by atoms with Gasteiger partial charge in [-0.15, -0.1) is 0 Å². The fourth-order valence-electron chi connectivity index (χ4n) is 5.79. The number of nitrogens with two attached hydrogens (primary N) is 1. The first-order chi connectivity index (χ1) is 16.3. The molecule has 0 heterocycles. The summed E-state index contributed by atoms with van der Waals surface area (Å²) < 4.78 is 0. The zero-order chi connectivity index (χ0) is 26.0. The number of fused-ring (bicyclic) bond motifs is 3. The third-order valence-electron chi connectivity index (χ3n) is 7.31. The first kappa shape index (κ1) is 26.9. The largest absolute Gasteiger partial charge is 0.511 e. The van der Waals surface area contributed by atoms with E-state index >= 15 is 0 Å². The number of Topliss-reactive ketones (excluding diaryl/α,β-unsaturated/α-hetero) is 2. The average molecular weight is 505 g/mol. The van der Waals surface area contributed by atoms with Gasteiger partial charge < -0.3 is 31.4 Å². The highest BCUT2D eigenvalue weighted by Crippen LogP contribution is 2.52. The van der Waals surface area contributed by atoms with Crippen LogP contribution in [0.2, 0.25) is 0 Å². The van der Waals surface area contributed by atoms with Crippen LogP contribution in [0, 0.1) is 17.8 Å². The van der Waals surface area contributed by atoms with Crippen molar-refractivity contribution in [2.45, 2.75) is 52.4 Å². The van der Waals surface area contributed by atoms with Crippen molar-refractivity contribution in [1.82, 2.24) is 0 Å². The van der Waals surface area contributed by atoms with Crippen molar-refractivity contribution >= 4 is 28.9 Å². The molecule has 1 aromatic rings. The Balaban J connectivity index is 0.00000241. The Morgan fingerprint density at radius 2 is 1.83 bits per heavy atom. The van der Waals surface area contributed by atoms with E-state index in [2.05, 4.69) is 5.16 Å². The number of hydrogen-bond acceptors (Lipinski definition) is 8. The molecule has 198 valence electrons. The number of oxime groups is 1. The number of nitrogens with zero attached hydrogens (tertiary/aromatic N) is 1. The number of rotatable bonds is 3. The molecule has 0 radical (unpaired) electrons. The Hall–Kier alpha value is -3.66. The minimum Gasteiger partial charge on any atom is -0.511 e. The maximum Gasteiger partial charge on any atom is 0.255 e. The molecule has 0 spiro atoms. The normalized spacial score (nSPS) is 24.0. The molecule has 10 heteroatoms. The third kappa shape index (κ3) is 3.95. The number of carbonyl (C=O) groups is 3. The second kappa shape index (κ2) is 9.09. The monoisotopic (exact) mass is 504 g/mol. The van der Waals surface area contributed by atoms with Crippen LogP contribution < -0.4 is 5.73 Å². The molecule has 1 aromatic carbocycles. The molecule has 10 nitrogen and oxygen atoms in total. The number of primary amides is 1. The summed E-state index contributed by atoms with van der Waals surface area (Å²) in [7, 11) is 1.43. The van der Waals surface area contributed by atoms with Gasteiger partial charge in [0.1, 0.15) is 30.0 Å². The highest BCUT2D eigenvalue weighted by atomic mass is 16.6. The summed E-state index contributed by atoms with van der Waals surface area (Å²) in [5, 5.41) is 37.4. The number of hydrogen-bond donors (Lipinski definition) is 4. The van der Waals surface area contributed by atoms with E-state index in [9.17, 15) is 29.7 Å². The van der Waals surface area contributed by atoms with Crippen molar-refractivity contribution in [3.8, 4) is 5.75 Å². The lowest BCUT2D eigenvalue weighted by molar-refractivity contribution is -0.127. The van der Waals surface area contributed by atoms with Crippen LogP contribution in [0.1, 0.15) is 65.6 Å². The third-order valence-corrected chi connectivity index (χ3v) is 7.31. The predicted molar refractivity (Wildman–Crippen MR) is 136 cm³/mol. The van der Waals surface area contributed by atoms with Crippen molar-refractivity contribution in [1.29, 1.82) is 0 Å². The molecule has 7 N–H and O–H groups in total. The van der Waals surface area contributed by atoms with Crippen molar-refractivity contribution < 1.29 is 42.9 Å². The fourth-order valence-corrected chi connectivity index (χ4v) is 5.79. The van der Waals surface area contributed by atoms with E-state index in [1.54, 1.807) is 6.92 Å². The summed E-state index contributed by atoms with van der Waals surface area (Å²) in [5.74, 6) is -5.48. The summed E-state index contributed by atoms with van der Waals surface area (Å²) in [5.41, 5.74) is 6.89. The average Bonchev–Trinajstić information content (AvgIpc) is 2.72. The summed E-state index contributed by atoms with van der Waals surface area (Å²) >= 11 is 0. The Labute approximate surface area is 211 Å². The van der Waals surface area contributed by atoms with E-state index in [-0.39, 0.29) is 37.4 Å². The molecule has 0 bridgehead atoms. The number of phenolic OH excluding ortho intramolecular Hbond substituents is 1. The molecule has 0 aliphatic heterocycles. The van der Waals surface area contributed by atoms with E-state index in [4.69, 9.17) is 10.6 Å². The Morgan fingerprint density at radius 1 is 1.19 bits per heavy atom. The molecular formula is C26H36N2O8. The molecule has 0 aromatic heterocycles. The van der Waals surface area contributed by atoms with E-state index < -0.39 is 52.0 Å². The number of carbonyl (C=O) groups excluding carboxylic acids is 3. The van der Waals surface area contributed by atoms with Crippen LogP contribution in [0.4, 0.5) is 0 Å². The van der Waals surface area contributed by atoms with Gasteiger partial charge in [0, 0.05) is 26.0 Å². The minimum absolute atomic E-state index is 0. The van der Waals surface area contributed by atoms with Crippen molar-refractivity contribution in [2.24, 2.45) is 28.6 Å². The summed E-state index contributed by atoms with van der Waals surface area (Å²) in [6.45, 7) is 7.51. The van der Waals surface area contributed by atoms with Crippen molar-refractivity contribution in [3.63, 3.8) is 0 Å². The standard InChI is InChI=1S/C26H30N2O7.H2O.2H2/c1-10(28-35-5)13-9-15(26(2,3)4)21(30)19-14(13)7-11-6-12-8-16(29)20(25(27)34)24(33)18(12)22(31)17(11)23(19)32;;;/h9,11-12,18,30,32-33H,6-8H2,1-5H3,(H2,27,34);1H2;2*1H/b28-10-;;;. The lowest BCUT2D eigenvalue weighted by Crippen LogP contribution is -2.44. The van der Waals surface area contributed by atoms with Gasteiger partial charge in [-0.05, 0) is 48.6 Å². The first-order valence-electron chi connectivity index (χ1n) is 11.5. The summed E-state index contributed by atoms with van der Waals surface area (Å²) in [6, 6.07) is 1.83. The Kier molecular flexibility index (Phi) is 6.80. The number of phenols is 1. The van der Waals surface area contributed by atoms with Crippen LogP contribution in [-0.4, -0.2) is 51.1 Å². The molecule has 36 heavy (non-hydrogen) atoms. The second-order valence-electron chi connectivity index (χ2n) is 10.5. The number of benzene rings is 1. The van der Waals surface area contributed by atoms with Crippen LogP contribution >= 0.6 is 0 Å². The number of ketones is 2. The van der Waals surface area contributed by atoms with Crippen LogP contribution in [0.3, 0.4) is 0 Å². The van der Waals surface area contributed by atoms with Gasteiger partial charge in [0.25, 0.3) is 5.91 Å². The van der Waals surface area contributed by atoms with Gasteiger partial charge in [-0.1, -0.05) is 25.9 Å². The van der Waals surface area contributed by atoms with Gasteiger partial charge in [-0.2, -0.15) is 0 Å². The zero-order valence-corrected chi connectivity index (χ0v) is 20.9. The van der Waals surface area contributed by atoms with E-state index in [0.717, 1.165) is 0 Å². The smallest absolute Gasteiger partial charge is 0.255 e. The van der Waals surface area contributed by atoms with Gasteiger partial charge in [-0.3, -0.25) is 14.4 Å². The maximum atomic E-state index is 13.6. The van der Waals surface area contributed by atoms with Crippen LogP contribution in [0.5, 0.6) is 5.75 Å². The second-order valence-corrected chi connectivity index (χ2v) is 10.5. The van der Waals surface area contributed by atoms with Crippen LogP contribution in [0.25, 0.3) is 5.76 Å². The number of amides is 1. The van der Waals surface area contributed by atoms with Gasteiger partial charge >= 0.3 is 0 Å². The molecule has 1 fully saturated rings. The molecular weight excluding hydrogens is 468 g/mol. The number of aliphatic hydroxyl groups excluding tert-OH is 2. The maximum absolute atomic E-state index is 13.6. The van der Waals surface area contributed by atoms with E-state index in [1.807, 2.05) is 26.8 Å². The Bertz CT molecular complexity index is 1280. The Morgan fingerprint density at radius 3 is 2.39 bits per heavy atom. The molecule has 1 saturated carbocycles. The van der Waals surface area contributed by atoms with E-state index in [1.165, 1.54) is 7.11 Å². The van der Waals surface area contributed by atoms with Crippen LogP contribution in [-0.2, 0) is 31.1 Å². The molecule has 4 rings (SSSR count). The zero-order valence-electron chi connectivity index (χ0n) is 20.9. The van der Waals surface area contributed by atoms with Gasteiger partial charge in [-0.25, -0.2) is 0 Å². The minimum atomic E-state index is -1.14.